The molecule has 6 nitrogen and oxygen atoms in total. The third-order valence-electron chi connectivity index (χ3n) is 7.60. The number of ether oxygens (including phenoxy) is 1. The zero-order valence-electron chi connectivity index (χ0n) is 20.1. The smallest absolute Gasteiger partial charge is 0.255 e. The van der Waals surface area contributed by atoms with Crippen molar-refractivity contribution in [1.29, 1.82) is 0 Å². The molecule has 2 atom stereocenters. The van der Waals surface area contributed by atoms with E-state index < -0.39 is 5.54 Å². The summed E-state index contributed by atoms with van der Waals surface area (Å²) in [5, 5.41) is 1.09. The van der Waals surface area contributed by atoms with Gasteiger partial charge in [-0.1, -0.05) is 58.4 Å². The van der Waals surface area contributed by atoms with E-state index in [9.17, 15) is 9.59 Å². The number of benzene rings is 3. The molecule has 0 radical (unpaired) electrons. The van der Waals surface area contributed by atoms with Crippen molar-refractivity contribution in [1.82, 2.24) is 14.8 Å². The molecule has 3 heterocycles. The zero-order valence-corrected chi connectivity index (χ0v) is 21.7. The molecule has 1 fully saturated rings. The molecule has 1 aromatic heterocycles. The average Bonchev–Trinajstić information content (AvgIpc) is 3.29. The first kappa shape index (κ1) is 22.9. The monoisotopic (exact) mass is 543 g/mol. The van der Waals surface area contributed by atoms with E-state index in [1.54, 1.807) is 16.9 Å². The highest BCUT2D eigenvalue weighted by Crippen LogP contribution is 2.48. The Hall–Kier alpha value is -3.58. The van der Waals surface area contributed by atoms with Gasteiger partial charge in [0.15, 0.2) is 5.54 Å². The van der Waals surface area contributed by atoms with Crippen LogP contribution >= 0.6 is 15.9 Å². The highest BCUT2D eigenvalue weighted by molar-refractivity contribution is 9.10. The Morgan fingerprint density at radius 1 is 1.06 bits per heavy atom. The predicted octanol–water partition coefficient (Wildman–Crippen LogP) is 5.17. The van der Waals surface area contributed by atoms with Crippen molar-refractivity contribution >= 4 is 38.6 Å². The van der Waals surface area contributed by atoms with Crippen LogP contribution in [0.4, 0.5) is 0 Å². The lowest BCUT2D eigenvalue weighted by atomic mass is 9.76. The Labute approximate surface area is 218 Å². The van der Waals surface area contributed by atoms with Crippen LogP contribution in [0.5, 0.6) is 5.75 Å². The average molecular weight is 544 g/mol. The van der Waals surface area contributed by atoms with Crippen LogP contribution in [-0.4, -0.2) is 46.8 Å². The van der Waals surface area contributed by atoms with Crippen LogP contribution in [0.3, 0.4) is 0 Å². The number of methoxy groups -OCH3 is 1. The molecule has 3 aromatic carbocycles. The summed E-state index contributed by atoms with van der Waals surface area (Å²) >= 11 is 3.53. The maximum absolute atomic E-state index is 14.2. The molecule has 0 aliphatic carbocycles. The SMILES string of the molecule is COc1cccc(CN2CC(=O)N3C[C@@H](c4ccc(Br)cc4)c4c([nH]c5ccccc45)[C@@]3(C)C2=O)c1. The van der Waals surface area contributed by atoms with E-state index in [-0.39, 0.29) is 24.3 Å². The fourth-order valence-corrected chi connectivity index (χ4v) is 6.05. The van der Waals surface area contributed by atoms with Gasteiger partial charge in [0.05, 0.1) is 12.8 Å². The first-order valence-corrected chi connectivity index (χ1v) is 12.8. The number of hydrogen-bond acceptors (Lipinski definition) is 3. The summed E-state index contributed by atoms with van der Waals surface area (Å²) in [6.07, 6.45) is 0. The minimum atomic E-state index is -1.12. The minimum Gasteiger partial charge on any atom is -0.497 e. The van der Waals surface area contributed by atoms with Gasteiger partial charge in [-0.2, -0.15) is 0 Å². The van der Waals surface area contributed by atoms with Crippen molar-refractivity contribution in [2.75, 3.05) is 20.2 Å². The van der Waals surface area contributed by atoms with Gasteiger partial charge in [-0.3, -0.25) is 9.59 Å². The topological polar surface area (TPSA) is 65.6 Å². The Kier molecular flexibility index (Phi) is 5.41. The lowest BCUT2D eigenvalue weighted by molar-refractivity contribution is -0.166. The van der Waals surface area contributed by atoms with Crippen LogP contribution in [0, 0.1) is 0 Å². The third kappa shape index (κ3) is 3.45. The quantitative estimate of drug-likeness (QED) is 0.386. The molecule has 0 saturated carbocycles. The Morgan fingerprint density at radius 3 is 2.61 bits per heavy atom. The van der Waals surface area contributed by atoms with Crippen molar-refractivity contribution < 1.29 is 14.3 Å². The Balaban J connectivity index is 1.48. The van der Waals surface area contributed by atoms with E-state index in [0.717, 1.165) is 43.5 Å². The van der Waals surface area contributed by atoms with E-state index in [1.807, 2.05) is 61.5 Å². The second kappa shape index (κ2) is 8.52. The summed E-state index contributed by atoms with van der Waals surface area (Å²) < 4.78 is 6.36. The van der Waals surface area contributed by atoms with Crippen LogP contribution in [0.15, 0.2) is 77.3 Å². The van der Waals surface area contributed by atoms with Crippen molar-refractivity contribution in [3.63, 3.8) is 0 Å². The van der Waals surface area contributed by atoms with Gasteiger partial charge in [0.1, 0.15) is 12.3 Å². The predicted molar refractivity (Wildman–Crippen MR) is 142 cm³/mol. The number of fused-ring (bicyclic) bond motifs is 5. The number of halogens is 1. The summed E-state index contributed by atoms with van der Waals surface area (Å²) in [6, 6.07) is 24.0. The van der Waals surface area contributed by atoms with Gasteiger partial charge in [0, 0.05) is 34.4 Å². The molecule has 0 bridgehead atoms. The third-order valence-corrected chi connectivity index (χ3v) is 8.13. The summed E-state index contributed by atoms with van der Waals surface area (Å²) in [5.41, 5.74) is 3.79. The second-order valence-corrected chi connectivity index (χ2v) is 10.6. The first-order valence-electron chi connectivity index (χ1n) is 12.0. The fraction of sp³-hybridized carbons (Fsp3) is 0.241. The summed E-state index contributed by atoms with van der Waals surface area (Å²) in [7, 11) is 1.62. The molecular weight excluding hydrogens is 518 g/mol. The number of nitrogens with one attached hydrogen (secondary N) is 1. The van der Waals surface area contributed by atoms with Crippen LogP contribution in [0.1, 0.15) is 35.2 Å². The largest absolute Gasteiger partial charge is 0.497 e. The van der Waals surface area contributed by atoms with Crippen LogP contribution in [-0.2, 0) is 21.7 Å². The second-order valence-electron chi connectivity index (χ2n) is 9.65. The number of nitrogens with zero attached hydrogens (tertiary/aromatic N) is 2. The van der Waals surface area contributed by atoms with Gasteiger partial charge in [0.25, 0.3) is 5.91 Å². The zero-order chi connectivity index (χ0) is 25.0. The number of carbonyl (C=O) groups is 2. The Morgan fingerprint density at radius 2 is 1.83 bits per heavy atom. The lowest BCUT2D eigenvalue weighted by Crippen LogP contribution is -2.67. The normalized spacial score (nSPS) is 21.5. The molecule has 1 N–H and O–H groups in total. The summed E-state index contributed by atoms with van der Waals surface area (Å²) in [5.74, 6) is 0.557. The number of carbonyl (C=O) groups excluding carboxylic acids is 2. The van der Waals surface area contributed by atoms with Gasteiger partial charge in [-0.25, -0.2) is 0 Å². The molecule has 182 valence electrons. The molecule has 36 heavy (non-hydrogen) atoms. The van der Waals surface area contributed by atoms with Crippen LogP contribution < -0.4 is 4.74 Å². The summed E-state index contributed by atoms with van der Waals surface area (Å²) in [4.78, 5) is 34.8. The number of rotatable bonds is 4. The minimum absolute atomic E-state index is 0.0426. The Bertz CT molecular complexity index is 1500. The molecule has 6 rings (SSSR count). The van der Waals surface area contributed by atoms with Gasteiger partial charge in [0.2, 0.25) is 5.91 Å². The molecular formula is C29H26BrN3O3. The summed E-state index contributed by atoms with van der Waals surface area (Å²) in [6.45, 7) is 2.73. The van der Waals surface area contributed by atoms with Crippen molar-refractivity contribution in [3.05, 3.63) is 99.7 Å². The number of hydrogen-bond donors (Lipinski definition) is 1. The molecule has 4 aromatic rings. The highest BCUT2D eigenvalue weighted by Gasteiger charge is 2.56. The van der Waals surface area contributed by atoms with E-state index in [2.05, 4.69) is 39.1 Å². The molecule has 7 heteroatoms. The lowest BCUT2D eigenvalue weighted by Gasteiger charge is -2.51. The van der Waals surface area contributed by atoms with E-state index in [4.69, 9.17) is 4.74 Å². The number of para-hydroxylation sites is 1. The molecule has 2 amide bonds. The maximum Gasteiger partial charge on any atom is 0.255 e. The van der Waals surface area contributed by atoms with Gasteiger partial charge >= 0.3 is 0 Å². The van der Waals surface area contributed by atoms with Crippen molar-refractivity contribution in [2.45, 2.75) is 24.9 Å². The molecule has 1 saturated heterocycles. The van der Waals surface area contributed by atoms with Crippen molar-refractivity contribution in [2.24, 2.45) is 0 Å². The van der Waals surface area contributed by atoms with Crippen LogP contribution in [0.25, 0.3) is 10.9 Å². The van der Waals surface area contributed by atoms with Gasteiger partial charge in [-0.05, 0) is 53.9 Å². The molecule has 0 spiro atoms. The van der Waals surface area contributed by atoms with E-state index in [1.165, 1.54) is 0 Å². The van der Waals surface area contributed by atoms with E-state index >= 15 is 0 Å². The van der Waals surface area contributed by atoms with Crippen LogP contribution in [0.2, 0.25) is 0 Å². The van der Waals surface area contributed by atoms with Gasteiger partial charge in [-0.15, -0.1) is 0 Å². The number of piperazine rings is 1. The number of aromatic nitrogens is 1. The fourth-order valence-electron chi connectivity index (χ4n) is 5.79. The number of H-pyrrole nitrogens is 1. The van der Waals surface area contributed by atoms with Crippen molar-refractivity contribution in [3.8, 4) is 5.75 Å². The number of amides is 2. The number of aromatic amines is 1. The highest BCUT2D eigenvalue weighted by atomic mass is 79.9. The standard InChI is InChI=1S/C29H26BrN3O3/c1-29-27-26(22-8-3-4-9-24(22)31-27)23(19-10-12-20(30)13-11-19)16-33(29)25(34)17-32(28(29)35)15-18-6-5-7-21(14-18)36-2/h3-14,23,31H,15-17H2,1-2H3/t23-,29-/m0/s1. The molecule has 2 aliphatic heterocycles. The first-order chi connectivity index (χ1) is 17.4. The van der Waals surface area contributed by atoms with E-state index in [0.29, 0.717) is 13.1 Å². The maximum atomic E-state index is 14.2. The van der Waals surface area contributed by atoms with Gasteiger partial charge < -0.3 is 19.5 Å². The molecule has 2 aliphatic rings. The molecule has 0 unspecified atom stereocenters.